The summed E-state index contributed by atoms with van der Waals surface area (Å²) in [6.45, 7) is 1.74. The fourth-order valence-electron chi connectivity index (χ4n) is 5.15. The number of carbonyl (C=O) groups excluding carboxylic acids is 2. The van der Waals surface area contributed by atoms with E-state index in [-0.39, 0.29) is 23.5 Å². The smallest absolute Gasteiger partial charge is 0.256 e. The van der Waals surface area contributed by atoms with Crippen LogP contribution in [0, 0.1) is 5.82 Å². The quantitative estimate of drug-likeness (QED) is 0.126. The SMILES string of the molecule is COc1cc(/C=C/C(=O)c2ccc(F)cc2)ccc1OCCCCCOc1cc2c(cc1OC)C(=O)N1CCCC1C=N2. The van der Waals surface area contributed by atoms with Crippen LogP contribution in [0.15, 0.2) is 65.7 Å². The van der Waals surface area contributed by atoms with E-state index in [0.717, 1.165) is 44.2 Å². The lowest BCUT2D eigenvalue weighted by atomic mass is 10.1. The highest BCUT2D eigenvalue weighted by Gasteiger charge is 2.32. The van der Waals surface area contributed by atoms with Crippen LogP contribution in [-0.2, 0) is 0 Å². The second-order valence-corrected chi connectivity index (χ2v) is 10.4. The molecule has 1 amide bonds. The lowest BCUT2D eigenvalue weighted by Gasteiger charge is -2.20. The number of carbonyl (C=O) groups is 2. The first-order valence-corrected chi connectivity index (χ1v) is 14.5. The predicted molar refractivity (Wildman–Crippen MR) is 163 cm³/mol. The molecule has 1 fully saturated rings. The number of aliphatic imine (C=N–C) groups is 1. The summed E-state index contributed by atoms with van der Waals surface area (Å²) >= 11 is 0. The highest BCUT2D eigenvalue weighted by molar-refractivity contribution is 6.06. The van der Waals surface area contributed by atoms with Gasteiger partial charge in [-0.1, -0.05) is 12.1 Å². The van der Waals surface area contributed by atoms with Crippen LogP contribution in [0.2, 0.25) is 0 Å². The van der Waals surface area contributed by atoms with Crippen molar-refractivity contribution in [3.8, 4) is 23.0 Å². The Kier molecular flexibility index (Phi) is 9.71. The fourth-order valence-corrected chi connectivity index (χ4v) is 5.15. The van der Waals surface area contributed by atoms with Crippen molar-refractivity contribution in [2.24, 2.45) is 4.99 Å². The highest BCUT2D eigenvalue weighted by atomic mass is 19.1. The molecule has 3 aromatic rings. The molecular formula is C34H35FN2O6. The van der Waals surface area contributed by atoms with Gasteiger partial charge in [-0.25, -0.2) is 4.39 Å². The van der Waals surface area contributed by atoms with Crippen LogP contribution < -0.4 is 18.9 Å². The summed E-state index contributed by atoms with van der Waals surface area (Å²) in [7, 11) is 3.14. The molecule has 2 aliphatic rings. The topological polar surface area (TPSA) is 86.7 Å². The third kappa shape index (κ3) is 7.23. The van der Waals surface area contributed by atoms with Crippen LogP contribution in [-0.4, -0.2) is 62.8 Å². The molecule has 0 N–H and O–H groups in total. The van der Waals surface area contributed by atoms with Gasteiger partial charge in [0.2, 0.25) is 0 Å². The van der Waals surface area contributed by atoms with E-state index in [4.69, 9.17) is 18.9 Å². The molecule has 0 aromatic heterocycles. The van der Waals surface area contributed by atoms with E-state index in [1.807, 2.05) is 23.2 Å². The molecule has 1 atom stereocenters. The number of amides is 1. The van der Waals surface area contributed by atoms with Gasteiger partial charge >= 0.3 is 0 Å². The Bertz CT molecular complexity index is 1520. The first-order valence-electron chi connectivity index (χ1n) is 14.5. The Morgan fingerprint density at radius 2 is 1.65 bits per heavy atom. The van der Waals surface area contributed by atoms with Gasteiger partial charge in [0.25, 0.3) is 5.91 Å². The molecule has 43 heavy (non-hydrogen) atoms. The van der Waals surface area contributed by atoms with Crippen molar-refractivity contribution in [3.05, 3.63) is 83.2 Å². The van der Waals surface area contributed by atoms with Crippen molar-refractivity contribution in [2.45, 2.75) is 38.1 Å². The molecule has 2 aliphatic heterocycles. The van der Waals surface area contributed by atoms with Crippen LogP contribution in [0.4, 0.5) is 10.1 Å². The van der Waals surface area contributed by atoms with Crippen LogP contribution >= 0.6 is 0 Å². The number of benzene rings is 3. The molecule has 1 unspecified atom stereocenters. The van der Waals surface area contributed by atoms with Gasteiger partial charge < -0.3 is 23.8 Å². The number of fused-ring (bicyclic) bond motifs is 2. The van der Waals surface area contributed by atoms with Crippen molar-refractivity contribution in [3.63, 3.8) is 0 Å². The van der Waals surface area contributed by atoms with E-state index in [2.05, 4.69) is 4.99 Å². The Morgan fingerprint density at radius 1 is 0.930 bits per heavy atom. The van der Waals surface area contributed by atoms with E-state index in [0.29, 0.717) is 53.0 Å². The second kappa shape index (κ2) is 14.0. The minimum atomic E-state index is -0.384. The van der Waals surface area contributed by atoms with Gasteiger partial charge in [0, 0.05) is 24.4 Å². The molecule has 0 saturated carbocycles. The lowest BCUT2D eigenvalue weighted by molar-refractivity contribution is 0.0774. The largest absolute Gasteiger partial charge is 0.493 e. The molecule has 8 nitrogen and oxygen atoms in total. The van der Waals surface area contributed by atoms with Gasteiger partial charge in [0.05, 0.1) is 44.7 Å². The van der Waals surface area contributed by atoms with Crippen LogP contribution in [0.5, 0.6) is 23.0 Å². The molecule has 224 valence electrons. The van der Waals surface area contributed by atoms with Gasteiger partial charge in [-0.3, -0.25) is 14.6 Å². The summed E-state index contributed by atoms with van der Waals surface area (Å²) in [6, 6.07) is 14.5. The van der Waals surface area contributed by atoms with Crippen molar-refractivity contribution < 1.29 is 32.9 Å². The average molecular weight is 587 g/mol. The minimum absolute atomic E-state index is 0.0143. The Balaban J connectivity index is 1.08. The molecule has 3 aromatic carbocycles. The number of methoxy groups -OCH3 is 2. The first-order chi connectivity index (χ1) is 21.0. The van der Waals surface area contributed by atoms with E-state index < -0.39 is 0 Å². The molecule has 0 spiro atoms. The second-order valence-electron chi connectivity index (χ2n) is 10.4. The van der Waals surface area contributed by atoms with Crippen LogP contribution in [0.25, 0.3) is 6.08 Å². The Morgan fingerprint density at radius 3 is 2.40 bits per heavy atom. The van der Waals surface area contributed by atoms with Gasteiger partial charge in [-0.2, -0.15) is 0 Å². The maximum Gasteiger partial charge on any atom is 0.256 e. The normalized spacial score (nSPS) is 15.7. The number of hydrogen-bond acceptors (Lipinski definition) is 7. The molecule has 0 bridgehead atoms. The van der Waals surface area contributed by atoms with Gasteiger partial charge in [-0.15, -0.1) is 0 Å². The number of allylic oxidation sites excluding steroid dienone is 1. The average Bonchev–Trinajstić information content (AvgIpc) is 3.46. The zero-order valence-electron chi connectivity index (χ0n) is 24.4. The monoisotopic (exact) mass is 586 g/mol. The van der Waals surface area contributed by atoms with Crippen LogP contribution in [0.1, 0.15) is 58.4 Å². The number of nitrogens with zero attached hydrogens (tertiary/aromatic N) is 2. The summed E-state index contributed by atoms with van der Waals surface area (Å²) < 4.78 is 36.1. The van der Waals surface area contributed by atoms with Crippen molar-refractivity contribution in [1.82, 2.24) is 4.90 Å². The zero-order chi connectivity index (χ0) is 30.2. The summed E-state index contributed by atoms with van der Waals surface area (Å²) in [5.41, 5.74) is 2.34. The molecule has 2 heterocycles. The predicted octanol–water partition coefficient (Wildman–Crippen LogP) is 6.69. The van der Waals surface area contributed by atoms with Gasteiger partial charge in [0.1, 0.15) is 5.82 Å². The van der Waals surface area contributed by atoms with E-state index >= 15 is 0 Å². The third-order valence-electron chi connectivity index (χ3n) is 7.51. The van der Waals surface area contributed by atoms with E-state index in [1.165, 1.54) is 30.3 Å². The fraction of sp³-hybridized carbons (Fsp3) is 0.324. The number of ketones is 1. The number of rotatable bonds is 13. The minimum Gasteiger partial charge on any atom is -0.493 e. The van der Waals surface area contributed by atoms with E-state index in [9.17, 15) is 14.0 Å². The highest BCUT2D eigenvalue weighted by Crippen LogP contribution is 2.38. The van der Waals surface area contributed by atoms with Gasteiger partial charge in [-0.05, 0) is 86.2 Å². The van der Waals surface area contributed by atoms with Crippen molar-refractivity contribution in [1.29, 1.82) is 0 Å². The molecule has 0 aliphatic carbocycles. The number of hydrogen-bond donors (Lipinski definition) is 0. The third-order valence-corrected chi connectivity index (χ3v) is 7.51. The molecule has 5 rings (SSSR count). The van der Waals surface area contributed by atoms with Crippen molar-refractivity contribution >= 4 is 29.7 Å². The molecule has 9 heteroatoms. The molecule has 1 saturated heterocycles. The maximum atomic E-state index is 13.1. The number of unbranched alkanes of at least 4 members (excludes halogenated alkanes) is 2. The maximum absolute atomic E-state index is 13.1. The molecule has 0 radical (unpaired) electrons. The molecular weight excluding hydrogens is 551 g/mol. The van der Waals surface area contributed by atoms with Crippen LogP contribution in [0.3, 0.4) is 0 Å². The number of ether oxygens (including phenoxy) is 4. The zero-order valence-corrected chi connectivity index (χ0v) is 24.4. The first kappa shape index (κ1) is 29.8. The number of halogens is 1. The Labute approximate surface area is 250 Å². The summed E-state index contributed by atoms with van der Waals surface area (Å²) in [5.74, 6) is 1.66. The summed E-state index contributed by atoms with van der Waals surface area (Å²) in [5, 5.41) is 0. The van der Waals surface area contributed by atoms with E-state index in [1.54, 1.807) is 38.5 Å². The summed E-state index contributed by atoms with van der Waals surface area (Å²) in [4.78, 5) is 31.8. The van der Waals surface area contributed by atoms with Crippen molar-refractivity contribution in [2.75, 3.05) is 34.0 Å². The lowest BCUT2D eigenvalue weighted by Crippen LogP contribution is -2.35. The Hall–Kier alpha value is -4.66. The standard InChI is InChI=1S/C34H35FN2O6/c1-40-31-19-23(8-14-29(38)24-10-12-25(35)13-11-24)9-15-30(31)42-17-4-3-5-18-43-33-21-28-27(20-32(33)41-2)34(39)37-16-6-7-26(37)22-36-28/h8-15,19-22,26H,3-7,16-18H2,1-2H3/b14-8+. The van der Waals surface area contributed by atoms with Gasteiger partial charge in [0.15, 0.2) is 28.8 Å². The summed E-state index contributed by atoms with van der Waals surface area (Å²) in [6.07, 6.45) is 9.43.